The van der Waals surface area contributed by atoms with Crippen LogP contribution in [0.2, 0.25) is 0 Å². The van der Waals surface area contributed by atoms with E-state index in [1.54, 1.807) is 0 Å². The number of nitrogens with one attached hydrogen (secondary N) is 1. The monoisotopic (exact) mass is 413 g/mol. The van der Waals surface area contributed by atoms with Crippen molar-refractivity contribution in [2.75, 3.05) is 13.2 Å². The Morgan fingerprint density at radius 2 is 1.81 bits per heavy atom. The second kappa shape index (κ2) is 9.47. The van der Waals surface area contributed by atoms with Gasteiger partial charge in [0.05, 0.1) is 17.6 Å². The van der Waals surface area contributed by atoms with Crippen molar-refractivity contribution in [2.24, 2.45) is 0 Å². The van der Waals surface area contributed by atoms with Crippen molar-refractivity contribution < 1.29 is 9.53 Å². The number of para-hydroxylation sites is 2. The quantitative estimate of drug-likeness (QED) is 0.455. The smallest absolute Gasteiger partial charge is 0.251 e. The maximum Gasteiger partial charge on any atom is 0.251 e. The van der Waals surface area contributed by atoms with Gasteiger partial charge in [0, 0.05) is 18.5 Å². The molecule has 3 aromatic carbocycles. The van der Waals surface area contributed by atoms with Gasteiger partial charge in [-0.25, -0.2) is 4.98 Å². The number of carbonyl (C=O) groups excluding carboxylic acids is 1. The van der Waals surface area contributed by atoms with Crippen LogP contribution in [0.5, 0.6) is 5.75 Å². The molecule has 0 radical (unpaired) electrons. The first kappa shape index (κ1) is 20.7. The van der Waals surface area contributed by atoms with Crippen LogP contribution in [-0.2, 0) is 13.0 Å². The molecular formula is C26H27N3O2. The van der Waals surface area contributed by atoms with Gasteiger partial charge in [0.2, 0.25) is 0 Å². The van der Waals surface area contributed by atoms with Gasteiger partial charge in [-0.3, -0.25) is 4.79 Å². The van der Waals surface area contributed by atoms with Crippen LogP contribution in [-0.4, -0.2) is 28.6 Å². The molecule has 1 aromatic heterocycles. The number of aromatic nitrogens is 2. The summed E-state index contributed by atoms with van der Waals surface area (Å²) in [5.74, 6) is 1.76. The highest BCUT2D eigenvalue weighted by Gasteiger charge is 2.12. The average molecular weight is 414 g/mol. The van der Waals surface area contributed by atoms with Crippen molar-refractivity contribution in [2.45, 2.75) is 26.8 Å². The number of benzene rings is 3. The SMILES string of the molecule is Cc1cccc(OCCn2c(CCNC(=O)c3ccccc3C)nc3ccccc32)c1. The number of nitrogens with zero attached hydrogens (tertiary/aromatic N) is 2. The molecule has 0 aliphatic heterocycles. The predicted octanol–water partition coefficient (Wildman–Crippen LogP) is 4.70. The van der Waals surface area contributed by atoms with E-state index in [1.165, 1.54) is 5.56 Å². The first-order valence-electron chi connectivity index (χ1n) is 10.6. The van der Waals surface area contributed by atoms with Crippen molar-refractivity contribution in [3.8, 4) is 5.75 Å². The van der Waals surface area contributed by atoms with Crippen molar-refractivity contribution in [3.63, 3.8) is 0 Å². The molecule has 1 N–H and O–H groups in total. The standard InChI is InChI=1S/C26H27N3O2/c1-19-8-7-10-21(18-19)31-17-16-29-24-13-6-5-12-23(24)28-25(29)14-15-27-26(30)22-11-4-3-9-20(22)2/h3-13,18H,14-17H2,1-2H3,(H,27,30). The molecule has 0 aliphatic carbocycles. The van der Waals surface area contributed by atoms with Gasteiger partial charge in [0.25, 0.3) is 5.91 Å². The first-order chi connectivity index (χ1) is 15.1. The molecule has 0 saturated heterocycles. The molecule has 4 rings (SSSR count). The van der Waals surface area contributed by atoms with Crippen LogP contribution >= 0.6 is 0 Å². The lowest BCUT2D eigenvalue weighted by Gasteiger charge is -2.12. The normalized spacial score (nSPS) is 10.9. The van der Waals surface area contributed by atoms with Gasteiger partial charge >= 0.3 is 0 Å². The molecule has 0 unspecified atom stereocenters. The van der Waals surface area contributed by atoms with Crippen LogP contribution in [0.4, 0.5) is 0 Å². The fraction of sp³-hybridized carbons (Fsp3) is 0.231. The van der Waals surface area contributed by atoms with E-state index >= 15 is 0 Å². The van der Waals surface area contributed by atoms with Crippen molar-refractivity contribution in [1.82, 2.24) is 14.9 Å². The molecule has 0 atom stereocenters. The second-order valence-electron chi connectivity index (χ2n) is 7.65. The third-order valence-electron chi connectivity index (χ3n) is 5.33. The van der Waals surface area contributed by atoms with Crippen LogP contribution in [0.3, 0.4) is 0 Å². The number of aryl methyl sites for hydroxylation is 2. The summed E-state index contributed by atoms with van der Waals surface area (Å²) < 4.78 is 8.14. The molecule has 5 nitrogen and oxygen atoms in total. The van der Waals surface area contributed by atoms with Crippen molar-refractivity contribution in [1.29, 1.82) is 0 Å². The maximum atomic E-state index is 12.5. The Bertz CT molecular complexity index is 1200. The van der Waals surface area contributed by atoms with Crippen LogP contribution in [0.1, 0.15) is 27.3 Å². The van der Waals surface area contributed by atoms with E-state index in [-0.39, 0.29) is 5.91 Å². The summed E-state index contributed by atoms with van der Waals surface area (Å²) in [7, 11) is 0. The zero-order valence-corrected chi connectivity index (χ0v) is 18.0. The molecule has 1 heterocycles. The second-order valence-corrected chi connectivity index (χ2v) is 7.65. The zero-order chi connectivity index (χ0) is 21.6. The maximum absolute atomic E-state index is 12.5. The molecule has 31 heavy (non-hydrogen) atoms. The number of hydrogen-bond donors (Lipinski definition) is 1. The number of imidazole rings is 1. The average Bonchev–Trinajstić information content (AvgIpc) is 3.11. The number of ether oxygens (including phenoxy) is 1. The van der Waals surface area contributed by atoms with Crippen LogP contribution in [0, 0.1) is 13.8 Å². The molecule has 5 heteroatoms. The Labute approximate surface area is 182 Å². The highest BCUT2D eigenvalue weighted by atomic mass is 16.5. The fourth-order valence-electron chi connectivity index (χ4n) is 3.74. The van der Waals surface area contributed by atoms with E-state index in [9.17, 15) is 4.79 Å². The number of rotatable bonds is 8. The summed E-state index contributed by atoms with van der Waals surface area (Å²) in [5, 5.41) is 3.02. The first-order valence-corrected chi connectivity index (χ1v) is 10.6. The molecule has 0 saturated carbocycles. The number of fused-ring (bicyclic) bond motifs is 1. The molecule has 0 spiro atoms. The summed E-state index contributed by atoms with van der Waals surface area (Å²) in [5.41, 5.74) is 4.90. The van der Waals surface area contributed by atoms with E-state index in [0.29, 0.717) is 31.7 Å². The van der Waals surface area contributed by atoms with E-state index in [0.717, 1.165) is 28.2 Å². The largest absolute Gasteiger partial charge is 0.492 e. The molecule has 0 bridgehead atoms. The Kier molecular flexibility index (Phi) is 6.32. The summed E-state index contributed by atoms with van der Waals surface area (Å²) in [6.07, 6.45) is 0.650. The number of carbonyl (C=O) groups is 1. The van der Waals surface area contributed by atoms with E-state index in [1.807, 2.05) is 67.6 Å². The summed E-state index contributed by atoms with van der Waals surface area (Å²) >= 11 is 0. The molecule has 1 amide bonds. The van der Waals surface area contributed by atoms with Crippen molar-refractivity contribution >= 4 is 16.9 Å². The topological polar surface area (TPSA) is 56.1 Å². The van der Waals surface area contributed by atoms with E-state index < -0.39 is 0 Å². The Hall–Kier alpha value is -3.60. The third-order valence-corrected chi connectivity index (χ3v) is 5.33. The lowest BCUT2D eigenvalue weighted by Crippen LogP contribution is -2.27. The molecule has 0 aliphatic rings. The number of amides is 1. The highest BCUT2D eigenvalue weighted by molar-refractivity contribution is 5.95. The van der Waals surface area contributed by atoms with Crippen LogP contribution in [0.15, 0.2) is 72.8 Å². The highest BCUT2D eigenvalue weighted by Crippen LogP contribution is 2.18. The molecular weight excluding hydrogens is 386 g/mol. The molecule has 158 valence electrons. The van der Waals surface area contributed by atoms with E-state index in [4.69, 9.17) is 9.72 Å². The van der Waals surface area contributed by atoms with Gasteiger partial charge in [-0.05, 0) is 55.3 Å². The van der Waals surface area contributed by atoms with Crippen LogP contribution < -0.4 is 10.1 Å². The zero-order valence-electron chi connectivity index (χ0n) is 18.0. The van der Waals surface area contributed by atoms with E-state index in [2.05, 4.69) is 28.9 Å². The van der Waals surface area contributed by atoms with Gasteiger partial charge in [0.1, 0.15) is 18.2 Å². The minimum Gasteiger partial charge on any atom is -0.492 e. The summed E-state index contributed by atoms with van der Waals surface area (Å²) in [6.45, 7) is 5.76. The third kappa shape index (κ3) is 4.94. The van der Waals surface area contributed by atoms with Gasteiger partial charge in [-0.15, -0.1) is 0 Å². The van der Waals surface area contributed by atoms with Gasteiger partial charge in [-0.1, -0.05) is 42.5 Å². The number of hydrogen-bond acceptors (Lipinski definition) is 3. The lowest BCUT2D eigenvalue weighted by atomic mass is 10.1. The van der Waals surface area contributed by atoms with Gasteiger partial charge < -0.3 is 14.6 Å². The minimum atomic E-state index is -0.0523. The Balaban J connectivity index is 1.43. The van der Waals surface area contributed by atoms with Crippen LogP contribution in [0.25, 0.3) is 11.0 Å². The lowest BCUT2D eigenvalue weighted by molar-refractivity contribution is 0.0953. The summed E-state index contributed by atoms with van der Waals surface area (Å²) in [6, 6.07) is 23.8. The Morgan fingerprint density at radius 1 is 1.00 bits per heavy atom. The van der Waals surface area contributed by atoms with Crippen molar-refractivity contribution in [3.05, 3.63) is 95.3 Å². The predicted molar refractivity (Wildman–Crippen MR) is 124 cm³/mol. The molecule has 0 fully saturated rings. The minimum absolute atomic E-state index is 0.0523. The van der Waals surface area contributed by atoms with Gasteiger partial charge in [-0.2, -0.15) is 0 Å². The Morgan fingerprint density at radius 3 is 2.65 bits per heavy atom. The van der Waals surface area contributed by atoms with Gasteiger partial charge in [0.15, 0.2) is 0 Å². The molecule has 4 aromatic rings. The summed E-state index contributed by atoms with van der Waals surface area (Å²) in [4.78, 5) is 17.3. The fourth-order valence-corrected chi connectivity index (χ4v) is 3.74.